The summed E-state index contributed by atoms with van der Waals surface area (Å²) in [5.41, 5.74) is 0.678. The van der Waals surface area contributed by atoms with E-state index in [1.165, 1.54) is 54.4 Å². The van der Waals surface area contributed by atoms with Gasteiger partial charge >= 0.3 is 0 Å². The molecule has 1 aromatic heterocycles. The van der Waals surface area contributed by atoms with Crippen LogP contribution in [0.15, 0.2) is 54.7 Å². The lowest BCUT2D eigenvalue weighted by Gasteiger charge is -2.06. The quantitative estimate of drug-likeness (QED) is 0.559. The Hall–Kier alpha value is -3.75. The molecule has 26 heavy (non-hydrogen) atoms. The molecule has 0 atom stereocenters. The number of nitro groups is 1. The lowest BCUT2D eigenvalue weighted by Crippen LogP contribution is -2.13. The number of benzene rings is 2. The van der Waals surface area contributed by atoms with E-state index in [0.717, 1.165) is 6.07 Å². The van der Waals surface area contributed by atoms with Crippen molar-refractivity contribution in [2.75, 3.05) is 12.4 Å². The van der Waals surface area contributed by atoms with Crippen LogP contribution in [0.2, 0.25) is 0 Å². The predicted octanol–water partition coefficient (Wildman–Crippen LogP) is 3.18. The maximum atomic E-state index is 13.7. The van der Waals surface area contributed by atoms with Crippen molar-refractivity contribution in [1.29, 1.82) is 0 Å². The molecule has 0 saturated heterocycles. The summed E-state index contributed by atoms with van der Waals surface area (Å²) in [6.07, 6.45) is 1.50. The molecule has 9 heteroatoms. The molecule has 1 heterocycles. The van der Waals surface area contributed by atoms with E-state index in [1.807, 2.05) is 0 Å². The summed E-state index contributed by atoms with van der Waals surface area (Å²) >= 11 is 0. The van der Waals surface area contributed by atoms with Gasteiger partial charge in [-0.15, -0.1) is 0 Å². The number of ether oxygens (including phenoxy) is 1. The van der Waals surface area contributed by atoms with Crippen LogP contribution in [-0.4, -0.2) is 27.7 Å². The van der Waals surface area contributed by atoms with Crippen molar-refractivity contribution in [3.8, 4) is 11.4 Å². The molecule has 3 aromatic rings. The standard InChI is InChI=1S/C17H13FN4O4/c1-26-16-6-5-11(9-14(16)18)19-17(23)15-7-8-21(20-15)12-3-2-4-13(10-12)22(24)25/h2-10H,1H3,(H,19,23). The number of hydrogen-bond donors (Lipinski definition) is 1. The number of amides is 1. The molecular formula is C17H13FN4O4. The van der Waals surface area contributed by atoms with Crippen LogP contribution in [0.3, 0.4) is 0 Å². The van der Waals surface area contributed by atoms with Gasteiger partial charge in [-0.3, -0.25) is 14.9 Å². The largest absolute Gasteiger partial charge is 0.494 e. The van der Waals surface area contributed by atoms with E-state index in [9.17, 15) is 19.3 Å². The minimum Gasteiger partial charge on any atom is -0.494 e. The minimum atomic E-state index is -0.604. The minimum absolute atomic E-state index is 0.0675. The summed E-state index contributed by atoms with van der Waals surface area (Å²) in [4.78, 5) is 22.6. The number of methoxy groups -OCH3 is 1. The molecule has 0 spiro atoms. The van der Waals surface area contributed by atoms with Crippen molar-refractivity contribution >= 4 is 17.3 Å². The van der Waals surface area contributed by atoms with Crippen LogP contribution in [0.4, 0.5) is 15.8 Å². The monoisotopic (exact) mass is 356 g/mol. The van der Waals surface area contributed by atoms with Gasteiger partial charge in [-0.25, -0.2) is 9.07 Å². The fraction of sp³-hybridized carbons (Fsp3) is 0.0588. The highest BCUT2D eigenvalue weighted by atomic mass is 19.1. The van der Waals surface area contributed by atoms with Crippen LogP contribution in [0.1, 0.15) is 10.5 Å². The van der Waals surface area contributed by atoms with Crippen molar-refractivity contribution in [2.45, 2.75) is 0 Å². The first kappa shape index (κ1) is 17.1. The molecule has 0 bridgehead atoms. The van der Waals surface area contributed by atoms with E-state index >= 15 is 0 Å². The average molecular weight is 356 g/mol. The number of hydrogen-bond acceptors (Lipinski definition) is 5. The van der Waals surface area contributed by atoms with Crippen molar-refractivity contribution in [2.24, 2.45) is 0 Å². The van der Waals surface area contributed by atoms with Gasteiger partial charge in [-0.1, -0.05) is 6.07 Å². The summed E-state index contributed by atoms with van der Waals surface area (Å²) < 4.78 is 19.8. The summed E-state index contributed by atoms with van der Waals surface area (Å²) in [6, 6.07) is 11.3. The third-order valence-electron chi connectivity index (χ3n) is 3.54. The zero-order valence-electron chi connectivity index (χ0n) is 13.5. The molecule has 132 valence electrons. The fourth-order valence-electron chi connectivity index (χ4n) is 2.28. The Labute approximate surface area is 147 Å². The maximum Gasteiger partial charge on any atom is 0.276 e. The van der Waals surface area contributed by atoms with Crippen LogP contribution in [0, 0.1) is 15.9 Å². The third-order valence-corrected chi connectivity index (χ3v) is 3.54. The molecule has 0 unspecified atom stereocenters. The Morgan fingerprint density at radius 2 is 2.08 bits per heavy atom. The van der Waals surface area contributed by atoms with Gasteiger partial charge < -0.3 is 10.1 Å². The zero-order valence-corrected chi connectivity index (χ0v) is 13.5. The van der Waals surface area contributed by atoms with E-state index in [-0.39, 0.29) is 22.8 Å². The van der Waals surface area contributed by atoms with Gasteiger partial charge in [0.05, 0.1) is 17.7 Å². The van der Waals surface area contributed by atoms with Crippen molar-refractivity contribution in [3.05, 3.63) is 76.4 Å². The Balaban J connectivity index is 1.79. The van der Waals surface area contributed by atoms with E-state index in [4.69, 9.17) is 4.74 Å². The highest BCUT2D eigenvalue weighted by Gasteiger charge is 2.13. The maximum absolute atomic E-state index is 13.7. The molecular weight excluding hydrogens is 343 g/mol. The SMILES string of the molecule is COc1ccc(NC(=O)c2ccn(-c3cccc([N+](=O)[O-])c3)n2)cc1F. The van der Waals surface area contributed by atoms with Gasteiger partial charge in [0.25, 0.3) is 11.6 Å². The molecule has 0 radical (unpaired) electrons. The van der Waals surface area contributed by atoms with Gasteiger partial charge in [0.2, 0.25) is 0 Å². The van der Waals surface area contributed by atoms with Gasteiger partial charge in [-0.05, 0) is 24.3 Å². The smallest absolute Gasteiger partial charge is 0.276 e. The highest BCUT2D eigenvalue weighted by molar-refractivity contribution is 6.02. The number of carbonyl (C=O) groups is 1. The Kier molecular flexibility index (Phi) is 4.61. The Morgan fingerprint density at radius 1 is 1.27 bits per heavy atom. The molecule has 1 amide bonds. The zero-order chi connectivity index (χ0) is 18.7. The molecule has 0 aliphatic heterocycles. The lowest BCUT2D eigenvalue weighted by molar-refractivity contribution is -0.384. The van der Waals surface area contributed by atoms with Crippen LogP contribution >= 0.6 is 0 Å². The third kappa shape index (κ3) is 3.51. The number of anilines is 1. The molecule has 1 N–H and O–H groups in total. The molecule has 8 nitrogen and oxygen atoms in total. The topological polar surface area (TPSA) is 99.3 Å². The van der Waals surface area contributed by atoms with Gasteiger partial charge in [0, 0.05) is 30.1 Å². The van der Waals surface area contributed by atoms with Crippen LogP contribution in [-0.2, 0) is 0 Å². The predicted molar refractivity (Wildman–Crippen MR) is 91.1 cm³/mol. The summed E-state index contributed by atoms with van der Waals surface area (Å²) in [6.45, 7) is 0. The molecule has 0 aliphatic carbocycles. The number of non-ortho nitro benzene ring substituents is 1. The van der Waals surface area contributed by atoms with E-state index < -0.39 is 16.6 Å². The Morgan fingerprint density at radius 3 is 2.77 bits per heavy atom. The Bertz CT molecular complexity index is 986. The van der Waals surface area contributed by atoms with Gasteiger partial charge in [0.1, 0.15) is 0 Å². The normalized spacial score (nSPS) is 10.4. The van der Waals surface area contributed by atoms with Crippen molar-refractivity contribution in [3.63, 3.8) is 0 Å². The lowest BCUT2D eigenvalue weighted by atomic mass is 10.2. The highest BCUT2D eigenvalue weighted by Crippen LogP contribution is 2.21. The fourth-order valence-corrected chi connectivity index (χ4v) is 2.28. The number of halogens is 1. The average Bonchev–Trinajstić information content (AvgIpc) is 3.12. The molecule has 3 rings (SSSR count). The second-order valence-corrected chi connectivity index (χ2v) is 5.23. The van der Waals surface area contributed by atoms with E-state index in [2.05, 4.69) is 10.4 Å². The van der Waals surface area contributed by atoms with Crippen molar-refractivity contribution in [1.82, 2.24) is 9.78 Å². The first-order valence-electron chi connectivity index (χ1n) is 7.43. The van der Waals surface area contributed by atoms with Crippen LogP contribution in [0.5, 0.6) is 5.75 Å². The number of nitrogens with zero attached hydrogens (tertiary/aromatic N) is 3. The number of nitro benzene ring substituents is 1. The summed E-state index contributed by atoms with van der Waals surface area (Å²) in [5.74, 6) is -1.08. The first-order chi connectivity index (χ1) is 12.5. The number of aromatic nitrogens is 2. The summed E-state index contributed by atoms with van der Waals surface area (Å²) in [5, 5.41) is 17.5. The summed E-state index contributed by atoms with van der Waals surface area (Å²) in [7, 11) is 1.34. The molecule has 0 saturated carbocycles. The van der Waals surface area contributed by atoms with Crippen LogP contribution < -0.4 is 10.1 Å². The number of nitrogens with one attached hydrogen (secondary N) is 1. The second kappa shape index (κ2) is 7.01. The van der Waals surface area contributed by atoms with Crippen molar-refractivity contribution < 1.29 is 18.8 Å². The molecule has 0 aliphatic rings. The second-order valence-electron chi connectivity index (χ2n) is 5.23. The van der Waals surface area contributed by atoms with Gasteiger partial charge in [0.15, 0.2) is 17.3 Å². The molecule has 2 aromatic carbocycles. The van der Waals surface area contributed by atoms with E-state index in [1.54, 1.807) is 6.07 Å². The number of rotatable bonds is 5. The van der Waals surface area contributed by atoms with E-state index in [0.29, 0.717) is 5.69 Å². The van der Waals surface area contributed by atoms with Gasteiger partial charge in [-0.2, -0.15) is 5.10 Å². The molecule has 0 fully saturated rings. The van der Waals surface area contributed by atoms with Crippen LogP contribution in [0.25, 0.3) is 5.69 Å². The first-order valence-corrected chi connectivity index (χ1v) is 7.43. The number of carbonyl (C=O) groups excluding carboxylic acids is 1.